The van der Waals surface area contributed by atoms with Crippen LogP contribution in [0, 0.1) is 0 Å². The second kappa shape index (κ2) is 9.12. The third-order valence-electron chi connectivity index (χ3n) is 7.93. The molecule has 0 saturated carbocycles. The lowest BCUT2D eigenvalue weighted by Gasteiger charge is -2.18. The van der Waals surface area contributed by atoms with Gasteiger partial charge in [-0.3, -0.25) is 0 Å². The molecule has 0 spiro atoms. The predicted octanol–water partition coefficient (Wildman–Crippen LogP) is 11.5. The molecule has 1 aromatic heterocycles. The highest BCUT2D eigenvalue weighted by molar-refractivity contribution is 6.36. The summed E-state index contributed by atoms with van der Waals surface area (Å²) < 4.78 is 6.48. The molecule has 0 saturated heterocycles. The highest BCUT2D eigenvalue weighted by atomic mass is 35.5. The number of benzene rings is 7. The molecule has 0 bridgehead atoms. The van der Waals surface area contributed by atoms with Gasteiger partial charge in [0, 0.05) is 28.0 Å². The summed E-state index contributed by atoms with van der Waals surface area (Å²) in [6.07, 6.45) is 0. The van der Waals surface area contributed by atoms with Crippen LogP contribution in [0.5, 0.6) is 0 Å². The second-order valence-electron chi connectivity index (χ2n) is 10.2. The molecule has 0 radical (unpaired) electrons. The van der Waals surface area contributed by atoms with E-state index in [0.717, 1.165) is 44.2 Å². The van der Waals surface area contributed by atoms with Gasteiger partial charge < -0.3 is 4.42 Å². The first kappa shape index (κ1) is 23.1. The minimum Gasteiger partial charge on any atom is -0.455 e. The summed E-state index contributed by atoms with van der Waals surface area (Å²) in [5.74, 6) is 0. The van der Waals surface area contributed by atoms with E-state index in [9.17, 15) is 0 Å². The second-order valence-corrected chi connectivity index (χ2v) is 10.6. The minimum absolute atomic E-state index is 0.676. The molecule has 0 aliphatic heterocycles. The van der Waals surface area contributed by atoms with Crippen LogP contribution >= 0.6 is 11.6 Å². The number of furan rings is 1. The molecule has 40 heavy (non-hydrogen) atoms. The standard InChI is InChI=1S/C38H23ClO/c39-34-23-35-32(31-21-11-20-26(38(31)40-35)24-12-3-1-4-13-24)22-33(34)37-29-18-9-7-16-27(29)36(25-14-5-2-6-15-25)28-17-8-10-19-30(28)37/h1-23H. The first-order valence-corrected chi connectivity index (χ1v) is 13.8. The van der Waals surface area contributed by atoms with E-state index in [1.165, 1.54) is 32.7 Å². The van der Waals surface area contributed by atoms with E-state index >= 15 is 0 Å². The number of halogens is 1. The Kier molecular flexibility index (Phi) is 5.26. The van der Waals surface area contributed by atoms with Gasteiger partial charge in [-0.05, 0) is 49.9 Å². The van der Waals surface area contributed by atoms with E-state index in [0.29, 0.717) is 5.02 Å². The van der Waals surface area contributed by atoms with Crippen molar-refractivity contribution in [1.29, 1.82) is 0 Å². The fourth-order valence-electron chi connectivity index (χ4n) is 6.19. The molecule has 188 valence electrons. The molecule has 0 atom stereocenters. The van der Waals surface area contributed by atoms with Gasteiger partial charge in [-0.15, -0.1) is 0 Å². The first-order valence-electron chi connectivity index (χ1n) is 13.5. The quantitative estimate of drug-likeness (QED) is 0.207. The molecule has 8 rings (SSSR count). The molecular weight excluding hydrogens is 508 g/mol. The van der Waals surface area contributed by atoms with Crippen molar-refractivity contribution < 1.29 is 4.42 Å². The van der Waals surface area contributed by atoms with E-state index < -0.39 is 0 Å². The zero-order chi connectivity index (χ0) is 26.6. The van der Waals surface area contributed by atoms with Crippen molar-refractivity contribution in [2.45, 2.75) is 0 Å². The summed E-state index contributed by atoms with van der Waals surface area (Å²) in [6.45, 7) is 0. The van der Waals surface area contributed by atoms with E-state index in [2.05, 4.69) is 127 Å². The Balaban J connectivity index is 1.47. The van der Waals surface area contributed by atoms with Crippen LogP contribution in [0.4, 0.5) is 0 Å². The van der Waals surface area contributed by atoms with Crippen LogP contribution in [0.2, 0.25) is 5.02 Å². The molecule has 0 unspecified atom stereocenters. The molecule has 8 aromatic rings. The lowest BCUT2D eigenvalue weighted by Crippen LogP contribution is -1.91. The van der Waals surface area contributed by atoms with Crippen LogP contribution < -0.4 is 0 Å². The largest absolute Gasteiger partial charge is 0.455 e. The molecule has 0 aliphatic rings. The topological polar surface area (TPSA) is 13.1 Å². The number of hydrogen-bond donors (Lipinski definition) is 0. The van der Waals surface area contributed by atoms with Gasteiger partial charge in [0.25, 0.3) is 0 Å². The van der Waals surface area contributed by atoms with Crippen molar-refractivity contribution in [1.82, 2.24) is 0 Å². The lowest BCUT2D eigenvalue weighted by molar-refractivity contribution is 0.670. The maximum absolute atomic E-state index is 7.12. The van der Waals surface area contributed by atoms with Gasteiger partial charge in [0.05, 0.1) is 5.02 Å². The first-order chi connectivity index (χ1) is 19.8. The minimum atomic E-state index is 0.676. The normalized spacial score (nSPS) is 11.6. The van der Waals surface area contributed by atoms with E-state index in [1.807, 2.05) is 12.1 Å². The smallest absolute Gasteiger partial charge is 0.143 e. The van der Waals surface area contributed by atoms with Gasteiger partial charge in [-0.2, -0.15) is 0 Å². The monoisotopic (exact) mass is 530 g/mol. The fraction of sp³-hybridized carbons (Fsp3) is 0. The van der Waals surface area contributed by atoms with Crippen LogP contribution in [0.15, 0.2) is 144 Å². The molecule has 0 N–H and O–H groups in total. The molecule has 0 amide bonds. The Labute approximate surface area is 236 Å². The maximum Gasteiger partial charge on any atom is 0.143 e. The summed E-state index contributed by atoms with van der Waals surface area (Å²) in [7, 11) is 0. The van der Waals surface area contributed by atoms with Gasteiger partial charge in [-0.25, -0.2) is 0 Å². The summed E-state index contributed by atoms with van der Waals surface area (Å²) in [4.78, 5) is 0. The molecular formula is C38H23ClO. The highest BCUT2D eigenvalue weighted by Gasteiger charge is 2.20. The van der Waals surface area contributed by atoms with E-state index in [-0.39, 0.29) is 0 Å². The Morgan fingerprint density at radius 2 is 0.925 bits per heavy atom. The third kappa shape index (κ3) is 3.49. The molecule has 7 aromatic carbocycles. The van der Waals surface area contributed by atoms with Crippen molar-refractivity contribution in [2.75, 3.05) is 0 Å². The van der Waals surface area contributed by atoms with Crippen LogP contribution in [-0.4, -0.2) is 0 Å². The van der Waals surface area contributed by atoms with Gasteiger partial charge in [0.1, 0.15) is 11.2 Å². The van der Waals surface area contributed by atoms with Crippen molar-refractivity contribution in [3.63, 3.8) is 0 Å². The van der Waals surface area contributed by atoms with Gasteiger partial charge in [-0.1, -0.05) is 139 Å². The third-order valence-corrected chi connectivity index (χ3v) is 8.25. The van der Waals surface area contributed by atoms with Crippen LogP contribution in [0.3, 0.4) is 0 Å². The van der Waals surface area contributed by atoms with E-state index in [4.69, 9.17) is 16.0 Å². The van der Waals surface area contributed by atoms with Gasteiger partial charge >= 0.3 is 0 Å². The van der Waals surface area contributed by atoms with Crippen molar-refractivity contribution in [2.24, 2.45) is 0 Å². The van der Waals surface area contributed by atoms with Crippen LogP contribution in [0.1, 0.15) is 0 Å². The average Bonchev–Trinajstić information content (AvgIpc) is 3.37. The van der Waals surface area contributed by atoms with Gasteiger partial charge in [0.2, 0.25) is 0 Å². The Bertz CT molecular complexity index is 2150. The fourth-order valence-corrected chi connectivity index (χ4v) is 6.44. The van der Waals surface area contributed by atoms with E-state index in [1.54, 1.807) is 0 Å². The number of hydrogen-bond acceptors (Lipinski definition) is 1. The molecule has 1 heterocycles. The number of fused-ring (bicyclic) bond motifs is 5. The maximum atomic E-state index is 7.12. The highest BCUT2D eigenvalue weighted by Crippen LogP contribution is 2.47. The number of para-hydroxylation sites is 1. The lowest BCUT2D eigenvalue weighted by atomic mass is 9.85. The van der Waals surface area contributed by atoms with Crippen molar-refractivity contribution in [3.8, 4) is 33.4 Å². The average molecular weight is 531 g/mol. The Morgan fingerprint density at radius 3 is 1.55 bits per heavy atom. The van der Waals surface area contributed by atoms with Crippen molar-refractivity contribution >= 4 is 55.1 Å². The van der Waals surface area contributed by atoms with Crippen LogP contribution in [0.25, 0.3) is 76.9 Å². The summed E-state index contributed by atoms with van der Waals surface area (Å²) in [6, 6.07) is 48.9. The Hall–Kier alpha value is -4.85. The summed E-state index contributed by atoms with van der Waals surface area (Å²) in [5, 5.41) is 7.61. The van der Waals surface area contributed by atoms with Gasteiger partial charge in [0.15, 0.2) is 0 Å². The summed E-state index contributed by atoms with van der Waals surface area (Å²) in [5.41, 5.74) is 8.49. The Morgan fingerprint density at radius 1 is 0.400 bits per heavy atom. The molecule has 2 heteroatoms. The summed E-state index contributed by atoms with van der Waals surface area (Å²) >= 11 is 7.12. The molecule has 1 nitrogen and oxygen atoms in total. The SMILES string of the molecule is Clc1cc2oc3c(-c4ccccc4)cccc3c2cc1-c1c2ccccc2c(-c2ccccc2)c2ccccc12. The zero-order valence-electron chi connectivity index (χ0n) is 21.6. The van der Waals surface area contributed by atoms with Crippen molar-refractivity contribution in [3.05, 3.63) is 145 Å². The zero-order valence-corrected chi connectivity index (χ0v) is 22.3. The number of rotatable bonds is 3. The molecule has 0 aliphatic carbocycles. The predicted molar refractivity (Wildman–Crippen MR) is 170 cm³/mol. The van der Waals surface area contributed by atoms with Crippen LogP contribution in [-0.2, 0) is 0 Å². The molecule has 0 fully saturated rings.